The molecule has 2 aromatic rings. The van der Waals surface area contributed by atoms with E-state index in [2.05, 4.69) is 4.98 Å². The number of hydrogen-bond donors (Lipinski definition) is 1. The maximum atomic E-state index is 5.74. The number of hydrogen-bond acceptors (Lipinski definition) is 4. The lowest BCUT2D eigenvalue weighted by molar-refractivity contribution is 0.213. The van der Waals surface area contributed by atoms with Crippen LogP contribution in [-0.2, 0) is 0 Å². The Morgan fingerprint density at radius 2 is 1.83 bits per heavy atom. The molecule has 0 aliphatic heterocycles. The number of anilines is 1. The molecule has 0 amide bonds. The Balaban J connectivity index is 1.79. The number of nitrogens with two attached hydrogens (primary N) is 1. The van der Waals surface area contributed by atoms with Crippen LogP contribution in [0, 0.1) is 0 Å². The Bertz CT molecular complexity index is 506. The highest BCUT2D eigenvalue weighted by Crippen LogP contribution is 2.21. The zero-order valence-electron chi connectivity index (χ0n) is 9.67. The lowest BCUT2D eigenvalue weighted by Crippen LogP contribution is -2.10. The van der Waals surface area contributed by atoms with Crippen molar-refractivity contribution in [1.82, 2.24) is 4.98 Å². The van der Waals surface area contributed by atoms with Gasteiger partial charge < -0.3 is 15.2 Å². The lowest BCUT2D eigenvalue weighted by atomic mass is 10.3. The minimum absolute atomic E-state index is 0.369. The summed E-state index contributed by atoms with van der Waals surface area (Å²) in [5, 5.41) is 0.486. The van der Waals surface area contributed by atoms with E-state index in [1.54, 1.807) is 6.07 Å². The third kappa shape index (κ3) is 3.53. The van der Waals surface area contributed by atoms with Gasteiger partial charge in [-0.05, 0) is 18.2 Å². The second-order valence-corrected chi connectivity index (χ2v) is 3.99. The number of halogens is 1. The third-order valence-corrected chi connectivity index (χ3v) is 2.39. The molecule has 94 valence electrons. The topological polar surface area (TPSA) is 57.4 Å². The van der Waals surface area contributed by atoms with Gasteiger partial charge in [-0.25, -0.2) is 4.98 Å². The van der Waals surface area contributed by atoms with E-state index in [1.807, 2.05) is 30.3 Å². The highest BCUT2D eigenvalue weighted by Gasteiger charge is 2.02. The molecule has 2 N–H and O–H groups in total. The first-order chi connectivity index (χ1) is 8.75. The molecule has 0 fully saturated rings. The van der Waals surface area contributed by atoms with E-state index in [0.717, 1.165) is 5.75 Å². The van der Waals surface area contributed by atoms with Crippen LogP contribution < -0.4 is 15.2 Å². The van der Waals surface area contributed by atoms with E-state index in [4.69, 9.17) is 26.8 Å². The average Bonchev–Trinajstić information content (AvgIpc) is 2.38. The summed E-state index contributed by atoms with van der Waals surface area (Å²) in [7, 11) is 0. The molecular weight excluding hydrogens is 252 g/mol. The number of nitrogens with zero attached hydrogens (tertiary/aromatic N) is 1. The monoisotopic (exact) mass is 264 g/mol. The Hall–Kier alpha value is -1.94. The first-order valence-electron chi connectivity index (χ1n) is 5.47. The molecule has 0 saturated heterocycles. The van der Waals surface area contributed by atoms with Crippen molar-refractivity contribution in [3.8, 4) is 11.6 Å². The van der Waals surface area contributed by atoms with Crippen LogP contribution in [0.5, 0.6) is 11.6 Å². The third-order valence-electron chi connectivity index (χ3n) is 2.18. The maximum absolute atomic E-state index is 5.74. The summed E-state index contributed by atoms with van der Waals surface area (Å²) >= 11 is 5.74. The highest BCUT2D eigenvalue weighted by atomic mass is 35.5. The second-order valence-electron chi connectivity index (χ2n) is 3.56. The molecule has 0 saturated carbocycles. The number of benzene rings is 1. The zero-order chi connectivity index (χ0) is 12.8. The average molecular weight is 265 g/mol. The van der Waals surface area contributed by atoms with E-state index in [9.17, 15) is 0 Å². The summed E-state index contributed by atoms with van der Waals surface area (Å²) in [5.41, 5.74) is 6.12. The Kier molecular flexibility index (Phi) is 4.25. The van der Waals surface area contributed by atoms with Gasteiger partial charge in [0.2, 0.25) is 5.88 Å². The van der Waals surface area contributed by atoms with Crippen molar-refractivity contribution in [2.24, 2.45) is 0 Å². The zero-order valence-corrected chi connectivity index (χ0v) is 10.4. The molecule has 4 nitrogen and oxygen atoms in total. The Morgan fingerprint density at radius 1 is 1.11 bits per heavy atom. The predicted molar refractivity (Wildman–Crippen MR) is 71.1 cm³/mol. The maximum Gasteiger partial charge on any atom is 0.237 e. The lowest BCUT2D eigenvalue weighted by Gasteiger charge is -2.09. The summed E-state index contributed by atoms with van der Waals surface area (Å²) in [6, 6.07) is 11.1. The number of para-hydroxylation sites is 1. The smallest absolute Gasteiger partial charge is 0.237 e. The summed E-state index contributed by atoms with van der Waals surface area (Å²) in [4.78, 5) is 3.99. The second kappa shape index (κ2) is 6.12. The standard InChI is InChI=1S/C13H13ClN2O2/c14-10-8-12(15)13(16-9-10)18-7-6-17-11-4-2-1-3-5-11/h1-5,8-9H,6-7,15H2. The van der Waals surface area contributed by atoms with Crippen LogP contribution in [0.3, 0.4) is 0 Å². The van der Waals surface area contributed by atoms with E-state index < -0.39 is 0 Å². The molecule has 0 aliphatic carbocycles. The molecule has 0 unspecified atom stereocenters. The molecule has 2 rings (SSSR count). The minimum Gasteiger partial charge on any atom is -0.490 e. The van der Waals surface area contributed by atoms with Crippen molar-refractivity contribution in [3.05, 3.63) is 47.6 Å². The van der Waals surface area contributed by atoms with E-state index in [0.29, 0.717) is 29.8 Å². The van der Waals surface area contributed by atoms with Crippen LogP contribution >= 0.6 is 11.6 Å². The molecule has 1 aromatic heterocycles. The Labute approximate surface area is 110 Å². The SMILES string of the molecule is Nc1cc(Cl)cnc1OCCOc1ccccc1. The molecule has 0 atom stereocenters. The molecule has 5 heteroatoms. The molecule has 1 aromatic carbocycles. The normalized spacial score (nSPS) is 10.1. The van der Waals surface area contributed by atoms with E-state index in [-0.39, 0.29) is 0 Å². The van der Waals surface area contributed by atoms with Crippen LogP contribution in [0.1, 0.15) is 0 Å². The van der Waals surface area contributed by atoms with Gasteiger partial charge in [0.1, 0.15) is 19.0 Å². The predicted octanol–water partition coefficient (Wildman–Crippen LogP) is 2.78. The number of aromatic nitrogens is 1. The van der Waals surface area contributed by atoms with Crippen molar-refractivity contribution in [3.63, 3.8) is 0 Å². The van der Waals surface area contributed by atoms with Gasteiger partial charge in [-0.3, -0.25) is 0 Å². The highest BCUT2D eigenvalue weighted by molar-refractivity contribution is 6.30. The van der Waals surface area contributed by atoms with Crippen LogP contribution in [0.4, 0.5) is 5.69 Å². The first-order valence-corrected chi connectivity index (χ1v) is 5.85. The van der Waals surface area contributed by atoms with Gasteiger partial charge in [0.05, 0.1) is 10.7 Å². The molecule has 0 radical (unpaired) electrons. The molecule has 0 aliphatic rings. The molecule has 0 spiro atoms. The van der Waals surface area contributed by atoms with Crippen LogP contribution in [-0.4, -0.2) is 18.2 Å². The van der Waals surface area contributed by atoms with E-state index >= 15 is 0 Å². The fourth-order valence-electron chi connectivity index (χ4n) is 1.38. The van der Waals surface area contributed by atoms with Crippen molar-refractivity contribution in [2.75, 3.05) is 18.9 Å². The quantitative estimate of drug-likeness (QED) is 0.844. The fourth-order valence-corrected chi connectivity index (χ4v) is 1.54. The van der Waals surface area contributed by atoms with Crippen molar-refractivity contribution < 1.29 is 9.47 Å². The summed E-state index contributed by atoms with van der Waals surface area (Å²) in [6.45, 7) is 0.793. The van der Waals surface area contributed by atoms with Gasteiger partial charge in [-0.15, -0.1) is 0 Å². The van der Waals surface area contributed by atoms with Crippen LogP contribution in [0.15, 0.2) is 42.6 Å². The fraction of sp³-hybridized carbons (Fsp3) is 0.154. The van der Waals surface area contributed by atoms with Gasteiger partial charge in [0.15, 0.2) is 0 Å². The Morgan fingerprint density at radius 3 is 2.56 bits per heavy atom. The van der Waals surface area contributed by atoms with Crippen molar-refractivity contribution in [2.45, 2.75) is 0 Å². The largest absolute Gasteiger partial charge is 0.490 e. The molecule has 0 bridgehead atoms. The summed E-state index contributed by atoms with van der Waals surface area (Å²) in [6.07, 6.45) is 1.49. The van der Waals surface area contributed by atoms with E-state index in [1.165, 1.54) is 6.20 Å². The molecule has 1 heterocycles. The van der Waals surface area contributed by atoms with Crippen LogP contribution in [0.2, 0.25) is 5.02 Å². The number of rotatable bonds is 5. The van der Waals surface area contributed by atoms with Crippen LogP contribution in [0.25, 0.3) is 0 Å². The van der Waals surface area contributed by atoms with Gasteiger partial charge in [0, 0.05) is 6.20 Å². The van der Waals surface area contributed by atoms with Crippen molar-refractivity contribution in [1.29, 1.82) is 0 Å². The number of nitrogen functional groups attached to an aromatic ring is 1. The number of ether oxygens (including phenoxy) is 2. The summed E-state index contributed by atoms with van der Waals surface area (Å²) in [5.74, 6) is 1.18. The summed E-state index contributed by atoms with van der Waals surface area (Å²) < 4.78 is 10.9. The molecular formula is C13H13ClN2O2. The van der Waals surface area contributed by atoms with Gasteiger partial charge in [-0.1, -0.05) is 29.8 Å². The minimum atomic E-state index is 0.369. The first kappa shape index (κ1) is 12.5. The van der Waals surface area contributed by atoms with Crippen molar-refractivity contribution >= 4 is 17.3 Å². The van der Waals surface area contributed by atoms with Gasteiger partial charge in [0.25, 0.3) is 0 Å². The molecule has 18 heavy (non-hydrogen) atoms. The number of pyridine rings is 1. The van der Waals surface area contributed by atoms with Gasteiger partial charge >= 0.3 is 0 Å². The van der Waals surface area contributed by atoms with Gasteiger partial charge in [-0.2, -0.15) is 0 Å².